The number of allylic oxidation sites excluding steroid dienone is 1. The van der Waals surface area contributed by atoms with Gasteiger partial charge in [-0.25, -0.2) is 8.42 Å². The number of fused-ring (bicyclic) bond motifs is 1. The normalized spacial score (nSPS) is 16.3. The van der Waals surface area contributed by atoms with Crippen molar-refractivity contribution in [3.63, 3.8) is 0 Å². The molecule has 0 atom stereocenters. The van der Waals surface area contributed by atoms with E-state index < -0.39 is 29.1 Å². The van der Waals surface area contributed by atoms with Crippen LogP contribution in [0.15, 0.2) is 65.2 Å². The molecule has 1 aliphatic heterocycles. The summed E-state index contributed by atoms with van der Waals surface area (Å²) in [6.45, 7) is 3.05. The first-order chi connectivity index (χ1) is 14.9. The van der Waals surface area contributed by atoms with Crippen molar-refractivity contribution in [2.24, 2.45) is 0 Å². The minimum atomic E-state index is -3.89. The second-order valence-electron chi connectivity index (χ2n) is 8.07. The molecule has 2 aromatic carbocycles. The number of esters is 1. The number of ketones is 1. The molecule has 2 aromatic rings. The van der Waals surface area contributed by atoms with E-state index in [1.54, 1.807) is 0 Å². The van der Waals surface area contributed by atoms with Gasteiger partial charge < -0.3 is 9.64 Å². The number of carbonyl (C=O) groups excluding carboxylic acids is 2. The Hall–Kier alpha value is -2.68. The maximum absolute atomic E-state index is 12.6. The topological polar surface area (TPSA) is 84.0 Å². The Morgan fingerprint density at radius 2 is 1.75 bits per heavy atom. The maximum Gasteiger partial charge on any atom is 0.321 e. The zero-order valence-electron chi connectivity index (χ0n) is 18.3. The molecule has 0 aliphatic carbocycles. The molecule has 7 nitrogen and oxygen atoms in total. The van der Waals surface area contributed by atoms with Gasteiger partial charge in [-0.15, -0.1) is 0 Å². The lowest BCUT2D eigenvalue weighted by molar-refractivity contribution is -0.146. The number of para-hydroxylation sites is 1. The Morgan fingerprint density at radius 1 is 1.12 bits per heavy atom. The van der Waals surface area contributed by atoms with Crippen molar-refractivity contribution in [2.75, 3.05) is 32.1 Å². The quantitative estimate of drug-likeness (QED) is 0.450. The lowest BCUT2D eigenvalue weighted by Gasteiger charge is -2.24. The number of halogens is 1. The monoisotopic (exact) mass is 476 g/mol. The van der Waals surface area contributed by atoms with Gasteiger partial charge in [-0.05, 0) is 35.9 Å². The Kier molecular flexibility index (Phi) is 6.78. The van der Waals surface area contributed by atoms with Crippen molar-refractivity contribution >= 4 is 39.1 Å². The molecule has 1 aliphatic rings. The van der Waals surface area contributed by atoms with Crippen molar-refractivity contribution in [1.82, 2.24) is 4.31 Å². The largest absolute Gasteiger partial charge is 0.456 e. The number of hydrogen-bond acceptors (Lipinski definition) is 6. The second kappa shape index (κ2) is 9.05. The van der Waals surface area contributed by atoms with E-state index in [4.69, 9.17) is 16.3 Å². The highest BCUT2D eigenvalue weighted by atomic mass is 35.5. The van der Waals surface area contributed by atoms with Crippen LogP contribution < -0.4 is 4.90 Å². The third-order valence-electron chi connectivity index (χ3n) is 5.49. The Labute approximate surface area is 193 Å². The van der Waals surface area contributed by atoms with Gasteiger partial charge in [0.2, 0.25) is 10.0 Å². The molecular formula is C23H25ClN2O5S. The number of anilines is 1. The van der Waals surface area contributed by atoms with Crippen LogP contribution in [-0.4, -0.2) is 51.7 Å². The molecule has 0 amide bonds. The molecule has 0 spiro atoms. The summed E-state index contributed by atoms with van der Waals surface area (Å²) in [6.07, 6.45) is 1.47. The Balaban J connectivity index is 1.62. The fourth-order valence-electron chi connectivity index (χ4n) is 3.70. The smallest absolute Gasteiger partial charge is 0.321 e. The average Bonchev–Trinajstić information content (AvgIpc) is 2.93. The first-order valence-electron chi connectivity index (χ1n) is 9.90. The van der Waals surface area contributed by atoms with E-state index in [-0.39, 0.29) is 16.1 Å². The van der Waals surface area contributed by atoms with Crippen molar-refractivity contribution in [2.45, 2.75) is 24.2 Å². The van der Waals surface area contributed by atoms with Crippen LogP contribution in [0.3, 0.4) is 0 Å². The predicted molar refractivity (Wildman–Crippen MR) is 123 cm³/mol. The number of ether oxygens (including phenoxy) is 1. The zero-order valence-corrected chi connectivity index (χ0v) is 19.9. The van der Waals surface area contributed by atoms with Crippen LogP contribution in [0.1, 0.15) is 19.4 Å². The average molecular weight is 477 g/mol. The van der Waals surface area contributed by atoms with Crippen molar-refractivity contribution in [3.05, 3.63) is 70.9 Å². The number of rotatable bonds is 7. The summed E-state index contributed by atoms with van der Waals surface area (Å²) >= 11 is 5.79. The van der Waals surface area contributed by atoms with Crippen LogP contribution in [0.25, 0.3) is 0 Å². The Morgan fingerprint density at radius 3 is 2.38 bits per heavy atom. The van der Waals surface area contributed by atoms with Gasteiger partial charge in [0.05, 0.1) is 4.90 Å². The first kappa shape index (κ1) is 24.0. The number of likely N-dealkylation sites (N-methyl/N-ethyl adjacent to an activating group) is 2. The third kappa shape index (κ3) is 4.72. The highest BCUT2D eigenvalue weighted by molar-refractivity contribution is 7.89. The molecule has 3 rings (SSSR count). The summed E-state index contributed by atoms with van der Waals surface area (Å²) in [4.78, 5) is 26.6. The van der Waals surface area contributed by atoms with E-state index in [2.05, 4.69) is 0 Å². The van der Waals surface area contributed by atoms with Crippen LogP contribution in [0.5, 0.6) is 0 Å². The summed E-state index contributed by atoms with van der Waals surface area (Å²) in [5.74, 6) is -1.21. The molecule has 0 saturated carbocycles. The summed E-state index contributed by atoms with van der Waals surface area (Å²) in [5, 5.41) is 0.401. The van der Waals surface area contributed by atoms with Gasteiger partial charge in [-0.2, -0.15) is 4.31 Å². The van der Waals surface area contributed by atoms with Crippen LogP contribution in [0.4, 0.5) is 5.69 Å². The van der Waals surface area contributed by atoms with E-state index in [0.717, 1.165) is 21.3 Å². The lowest BCUT2D eigenvalue weighted by atomic mass is 9.83. The molecule has 1 heterocycles. The molecule has 0 unspecified atom stereocenters. The third-order valence-corrected chi connectivity index (χ3v) is 7.56. The fourth-order valence-corrected chi connectivity index (χ4v) is 4.94. The van der Waals surface area contributed by atoms with Gasteiger partial charge in [0.25, 0.3) is 0 Å². The minimum absolute atomic E-state index is 0.00378. The molecule has 0 aromatic heterocycles. The number of nitrogens with zero attached hydrogens (tertiary/aromatic N) is 2. The molecule has 0 saturated heterocycles. The van der Waals surface area contributed by atoms with Crippen LogP contribution in [0.2, 0.25) is 5.02 Å². The molecule has 0 fully saturated rings. The number of sulfonamides is 1. The SMILES string of the molecule is CN1/C(=C/C(=O)COC(=O)CN(C)S(=O)(=O)c2ccc(Cl)cc2)C(C)(C)c2ccccc21. The lowest BCUT2D eigenvalue weighted by Crippen LogP contribution is -2.33. The standard InChI is InChI=1S/C23H25ClN2O5S/c1-23(2)19-7-5-6-8-20(19)26(4)21(23)13-17(27)15-31-22(28)14-25(3)32(29,30)18-11-9-16(24)10-12-18/h5-13H,14-15H2,1-4H3/b21-13+. The van der Waals surface area contributed by atoms with E-state index >= 15 is 0 Å². The highest BCUT2D eigenvalue weighted by Gasteiger charge is 2.38. The number of benzene rings is 2. The van der Waals surface area contributed by atoms with Crippen LogP contribution in [0, 0.1) is 0 Å². The van der Waals surface area contributed by atoms with Gasteiger partial charge in [0.15, 0.2) is 12.4 Å². The van der Waals surface area contributed by atoms with Crippen molar-refractivity contribution in [3.8, 4) is 0 Å². The molecule has 0 bridgehead atoms. The van der Waals surface area contributed by atoms with Gasteiger partial charge in [-0.1, -0.05) is 43.6 Å². The van der Waals surface area contributed by atoms with E-state index in [9.17, 15) is 18.0 Å². The zero-order chi connectivity index (χ0) is 23.7. The Bertz CT molecular complexity index is 1170. The predicted octanol–water partition coefficient (Wildman–Crippen LogP) is 3.38. The van der Waals surface area contributed by atoms with E-state index in [1.807, 2.05) is 50.1 Å². The molecular weight excluding hydrogens is 452 g/mol. The van der Waals surface area contributed by atoms with Gasteiger partial charge in [0, 0.05) is 42.0 Å². The molecule has 170 valence electrons. The number of carbonyl (C=O) groups is 2. The van der Waals surface area contributed by atoms with Crippen molar-refractivity contribution < 1.29 is 22.7 Å². The van der Waals surface area contributed by atoms with Crippen LogP contribution >= 0.6 is 11.6 Å². The van der Waals surface area contributed by atoms with Gasteiger partial charge in [-0.3, -0.25) is 9.59 Å². The molecule has 9 heteroatoms. The molecule has 0 radical (unpaired) electrons. The number of hydrogen-bond donors (Lipinski definition) is 0. The maximum atomic E-state index is 12.6. The molecule has 0 N–H and O–H groups in total. The summed E-state index contributed by atoms with van der Waals surface area (Å²) in [6, 6.07) is 13.5. The van der Waals surface area contributed by atoms with E-state index in [0.29, 0.717) is 5.02 Å². The van der Waals surface area contributed by atoms with E-state index in [1.165, 1.54) is 37.4 Å². The fraction of sp³-hybridized carbons (Fsp3) is 0.304. The summed E-state index contributed by atoms with van der Waals surface area (Å²) in [5.41, 5.74) is 2.54. The van der Waals surface area contributed by atoms with Gasteiger partial charge in [0.1, 0.15) is 6.54 Å². The van der Waals surface area contributed by atoms with Crippen molar-refractivity contribution in [1.29, 1.82) is 0 Å². The summed E-state index contributed by atoms with van der Waals surface area (Å²) in [7, 11) is -0.741. The summed E-state index contributed by atoms with van der Waals surface area (Å²) < 4.78 is 31.0. The molecule has 32 heavy (non-hydrogen) atoms. The minimum Gasteiger partial charge on any atom is -0.456 e. The van der Waals surface area contributed by atoms with Crippen LogP contribution in [-0.2, 0) is 29.8 Å². The first-order valence-corrected chi connectivity index (χ1v) is 11.7. The highest BCUT2D eigenvalue weighted by Crippen LogP contribution is 2.46. The van der Waals surface area contributed by atoms with Gasteiger partial charge >= 0.3 is 5.97 Å². The second-order valence-corrected chi connectivity index (χ2v) is 10.6.